The Morgan fingerprint density at radius 3 is 2.46 bits per heavy atom. The van der Waals surface area contributed by atoms with Crippen LogP contribution < -0.4 is 5.73 Å². The molecule has 1 aromatic rings. The van der Waals surface area contributed by atoms with Gasteiger partial charge in [-0.1, -0.05) is 30.3 Å². The van der Waals surface area contributed by atoms with Crippen LogP contribution in [0.2, 0.25) is 0 Å². The van der Waals surface area contributed by atoms with Crippen molar-refractivity contribution in [2.75, 3.05) is 13.3 Å². The first-order valence-corrected chi connectivity index (χ1v) is 4.25. The highest BCUT2D eigenvalue weighted by atomic mass is 35.5. The molecule has 0 aliphatic heterocycles. The second-order valence-electron chi connectivity index (χ2n) is 2.66. The third-order valence-corrected chi connectivity index (χ3v) is 1.71. The molecule has 1 rings (SSSR count). The SMILES string of the molecule is Cl.NCOCCCc1ccccc1. The third kappa shape index (κ3) is 5.64. The van der Waals surface area contributed by atoms with Crippen molar-refractivity contribution < 1.29 is 4.74 Å². The highest BCUT2D eigenvalue weighted by Crippen LogP contribution is 2.01. The van der Waals surface area contributed by atoms with Crippen molar-refractivity contribution in [3.05, 3.63) is 35.9 Å². The molecule has 0 unspecified atom stereocenters. The standard InChI is InChI=1S/C10H15NO.ClH/c11-9-12-8-4-7-10-5-2-1-3-6-10;/h1-3,5-6H,4,7-9,11H2;1H. The number of hydrogen-bond donors (Lipinski definition) is 1. The molecule has 2 nitrogen and oxygen atoms in total. The van der Waals surface area contributed by atoms with Crippen molar-refractivity contribution in [1.29, 1.82) is 0 Å². The fraction of sp³-hybridized carbons (Fsp3) is 0.400. The van der Waals surface area contributed by atoms with Crippen molar-refractivity contribution in [3.63, 3.8) is 0 Å². The van der Waals surface area contributed by atoms with Gasteiger partial charge in [-0.25, -0.2) is 0 Å². The van der Waals surface area contributed by atoms with Gasteiger partial charge in [-0.05, 0) is 18.4 Å². The van der Waals surface area contributed by atoms with E-state index in [1.54, 1.807) is 0 Å². The molecule has 0 fully saturated rings. The zero-order valence-electron chi connectivity index (χ0n) is 7.61. The smallest absolute Gasteiger partial charge is 0.0940 e. The van der Waals surface area contributed by atoms with Crippen LogP contribution in [-0.4, -0.2) is 13.3 Å². The van der Waals surface area contributed by atoms with Gasteiger partial charge < -0.3 is 10.5 Å². The molecule has 0 aliphatic rings. The van der Waals surface area contributed by atoms with Gasteiger partial charge in [-0.2, -0.15) is 0 Å². The monoisotopic (exact) mass is 201 g/mol. The quantitative estimate of drug-likeness (QED) is 0.584. The number of nitrogens with two attached hydrogens (primary N) is 1. The summed E-state index contributed by atoms with van der Waals surface area (Å²) in [5, 5.41) is 0. The Balaban J connectivity index is 0.00000144. The summed E-state index contributed by atoms with van der Waals surface area (Å²) in [5.74, 6) is 0. The Hall–Kier alpha value is -0.570. The maximum absolute atomic E-state index is 5.19. The second kappa shape index (κ2) is 8.05. The molecular formula is C10H16ClNO. The molecule has 0 bridgehead atoms. The van der Waals surface area contributed by atoms with E-state index < -0.39 is 0 Å². The number of rotatable bonds is 5. The van der Waals surface area contributed by atoms with Gasteiger partial charge in [-0.15, -0.1) is 12.4 Å². The fourth-order valence-corrected chi connectivity index (χ4v) is 1.11. The second-order valence-corrected chi connectivity index (χ2v) is 2.66. The molecule has 0 heterocycles. The van der Waals surface area contributed by atoms with Crippen LogP contribution >= 0.6 is 12.4 Å². The lowest BCUT2D eigenvalue weighted by Gasteiger charge is -2.00. The molecule has 0 saturated heterocycles. The maximum atomic E-state index is 5.19. The summed E-state index contributed by atoms with van der Waals surface area (Å²) in [5.41, 5.74) is 6.55. The number of hydrogen-bond acceptors (Lipinski definition) is 2. The molecule has 0 atom stereocenters. The van der Waals surface area contributed by atoms with Crippen molar-refractivity contribution >= 4 is 12.4 Å². The number of benzene rings is 1. The predicted octanol–water partition coefficient (Wildman–Crippen LogP) is 1.97. The summed E-state index contributed by atoms with van der Waals surface area (Å²) in [4.78, 5) is 0. The average Bonchev–Trinajstić information content (AvgIpc) is 2.14. The lowest BCUT2D eigenvalue weighted by atomic mass is 10.1. The molecule has 0 spiro atoms. The van der Waals surface area contributed by atoms with Crippen LogP contribution in [0.5, 0.6) is 0 Å². The Bertz CT molecular complexity index is 203. The van der Waals surface area contributed by atoms with Gasteiger partial charge in [0.1, 0.15) is 0 Å². The first-order valence-electron chi connectivity index (χ1n) is 4.25. The Kier molecular flexibility index (Phi) is 7.69. The van der Waals surface area contributed by atoms with Crippen molar-refractivity contribution in [2.24, 2.45) is 5.73 Å². The molecule has 2 N–H and O–H groups in total. The third-order valence-electron chi connectivity index (χ3n) is 1.71. The molecule has 0 radical (unpaired) electrons. The van der Waals surface area contributed by atoms with Gasteiger partial charge in [0.05, 0.1) is 6.73 Å². The molecule has 74 valence electrons. The predicted molar refractivity (Wildman–Crippen MR) is 57.0 cm³/mol. The van der Waals surface area contributed by atoms with Crippen LogP contribution in [0.1, 0.15) is 12.0 Å². The van der Waals surface area contributed by atoms with E-state index >= 15 is 0 Å². The van der Waals surface area contributed by atoms with Crippen LogP contribution in [-0.2, 0) is 11.2 Å². The molecule has 13 heavy (non-hydrogen) atoms. The van der Waals surface area contributed by atoms with Gasteiger partial charge in [0.2, 0.25) is 0 Å². The van der Waals surface area contributed by atoms with E-state index in [4.69, 9.17) is 10.5 Å². The van der Waals surface area contributed by atoms with E-state index in [2.05, 4.69) is 24.3 Å². The normalized spacial score (nSPS) is 9.31. The van der Waals surface area contributed by atoms with E-state index in [9.17, 15) is 0 Å². The van der Waals surface area contributed by atoms with Crippen LogP contribution in [0.25, 0.3) is 0 Å². The van der Waals surface area contributed by atoms with Crippen LogP contribution in [0.4, 0.5) is 0 Å². The van der Waals surface area contributed by atoms with E-state index in [-0.39, 0.29) is 12.4 Å². The topological polar surface area (TPSA) is 35.2 Å². The highest BCUT2D eigenvalue weighted by molar-refractivity contribution is 5.85. The average molecular weight is 202 g/mol. The zero-order chi connectivity index (χ0) is 8.65. The van der Waals surface area contributed by atoms with Gasteiger partial charge in [0, 0.05) is 6.61 Å². The minimum atomic E-state index is 0. The van der Waals surface area contributed by atoms with Crippen molar-refractivity contribution in [1.82, 2.24) is 0 Å². The number of halogens is 1. The van der Waals surface area contributed by atoms with Crippen molar-refractivity contribution in [2.45, 2.75) is 12.8 Å². The molecule has 3 heteroatoms. The summed E-state index contributed by atoms with van der Waals surface area (Å²) < 4.78 is 5.03. The van der Waals surface area contributed by atoms with Crippen LogP contribution in [0.3, 0.4) is 0 Å². The number of ether oxygens (including phenoxy) is 1. The lowest BCUT2D eigenvalue weighted by molar-refractivity contribution is 0.138. The minimum Gasteiger partial charge on any atom is -0.367 e. The van der Waals surface area contributed by atoms with Gasteiger partial charge in [0.25, 0.3) is 0 Å². The van der Waals surface area contributed by atoms with Crippen LogP contribution in [0.15, 0.2) is 30.3 Å². The molecule has 0 aromatic heterocycles. The van der Waals surface area contributed by atoms with Gasteiger partial charge >= 0.3 is 0 Å². The number of aryl methyl sites for hydroxylation is 1. The highest BCUT2D eigenvalue weighted by Gasteiger charge is 1.90. The zero-order valence-corrected chi connectivity index (χ0v) is 8.43. The summed E-state index contributed by atoms with van der Waals surface area (Å²) in [6.45, 7) is 1.08. The van der Waals surface area contributed by atoms with E-state index in [1.165, 1.54) is 5.56 Å². The van der Waals surface area contributed by atoms with Gasteiger partial charge in [-0.3, -0.25) is 0 Å². The first kappa shape index (κ1) is 12.4. The minimum absolute atomic E-state index is 0. The molecule has 0 saturated carbocycles. The summed E-state index contributed by atoms with van der Waals surface area (Å²) >= 11 is 0. The maximum Gasteiger partial charge on any atom is 0.0940 e. The fourth-order valence-electron chi connectivity index (χ4n) is 1.11. The Morgan fingerprint density at radius 2 is 1.85 bits per heavy atom. The van der Waals surface area contributed by atoms with Crippen LogP contribution in [0, 0.1) is 0 Å². The Morgan fingerprint density at radius 1 is 1.15 bits per heavy atom. The largest absolute Gasteiger partial charge is 0.367 e. The molecule has 0 aliphatic carbocycles. The van der Waals surface area contributed by atoms with E-state index in [0.29, 0.717) is 6.73 Å². The summed E-state index contributed by atoms with van der Waals surface area (Å²) in [6.07, 6.45) is 2.11. The van der Waals surface area contributed by atoms with Crippen molar-refractivity contribution in [3.8, 4) is 0 Å². The Labute approximate surface area is 85.5 Å². The van der Waals surface area contributed by atoms with E-state index in [1.807, 2.05) is 6.07 Å². The first-order chi connectivity index (χ1) is 5.93. The summed E-state index contributed by atoms with van der Waals surface area (Å²) in [6, 6.07) is 10.4. The summed E-state index contributed by atoms with van der Waals surface area (Å²) in [7, 11) is 0. The molecule has 1 aromatic carbocycles. The van der Waals surface area contributed by atoms with E-state index in [0.717, 1.165) is 19.4 Å². The molecule has 0 amide bonds. The lowest BCUT2D eigenvalue weighted by Crippen LogP contribution is -2.06. The van der Waals surface area contributed by atoms with Gasteiger partial charge in [0.15, 0.2) is 0 Å². The molecular weight excluding hydrogens is 186 g/mol.